The highest BCUT2D eigenvalue weighted by Gasteiger charge is 2.22. The van der Waals surface area contributed by atoms with Crippen molar-refractivity contribution in [3.8, 4) is 0 Å². The molecule has 0 aliphatic carbocycles. The van der Waals surface area contributed by atoms with E-state index in [1.54, 1.807) is 0 Å². The first-order chi connectivity index (χ1) is 10.1. The zero-order chi connectivity index (χ0) is 15.5. The number of carboxylic acid groups (broad SMARTS) is 1. The third-order valence-corrected chi connectivity index (χ3v) is 2.78. The van der Waals surface area contributed by atoms with Crippen LogP contribution in [-0.4, -0.2) is 66.7 Å². The van der Waals surface area contributed by atoms with Crippen LogP contribution in [0.25, 0.3) is 5.53 Å². The van der Waals surface area contributed by atoms with Crippen LogP contribution in [0.1, 0.15) is 19.3 Å². The maximum atomic E-state index is 11.4. The Kier molecular flexibility index (Phi) is 8.22. The van der Waals surface area contributed by atoms with E-state index in [9.17, 15) is 9.59 Å². The van der Waals surface area contributed by atoms with Gasteiger partial charge in [-0.25, -0.2) is 4.79 Å². The molecular formula is C12H19N3O6. The van der Waals surface area contributed by atoms with Gasteiger partial charge in [-0.1, -0.05) is 0 Å². The average Bonchev–Trinajstić information content (AvgIpc) is 2.46. The van der Waals surface area contributed by atoms with Crippen molar-refractivity contribution in [2.45, 2.75) is 31.6 Å². The minimum atomic E-state index is -1.37. The number of hydrogen-bond acceptors (Lipinski definition) is 5. The van der Waals surface area contributed by atoms with Gasteiger partial charge in [0.15, 0.2) is 6.29 Å². The van der Waals surface area contributed by atoms with Crippen molar-refractivity contribution in [3.05, 3.63) is 5.53 Å². The summed E-state index contributed by atoms with van der Waals surface area (Å²) < 4.78 is 16.0. The van der Waals surface area contributed by atoms with Crippen LogP contribution in [0, 0.1) is 0 Å². The van der Waals surface area contributed by atoms with Gasteiger partial charge in [0.2, 0.25) is 0 Å². The summed E-state index contributed by atoms with van der Waals surface area (Å²) in [6, 6.07) is -1.12. The van der Waals surface area contributed by atoms with Crippen molar-refractivity contribution in [2.24, 2.45) is 0 Å². The number of ketones is 1. The lowest BCUT2D eigenvalue weighted by atomic mass is 10.2. The average molecular weight is 301 g/mol. The number of nitrogens with zero attached hydrogens (tertiary/aromatic N) is 2. The van der Waals surface area contributed by atoms with Gasteiger partial charge < -0.3 is 30.2 Å². The molecule has 0 aromatic carbocycles. The van der Waals surface area contributed by atoms with Crippen LogP contribution in [0.5, 0.6) is 0 Å². The maximum absolute atomic E-state index is 11.4. The van der Waals surface area contributed by atoms with E-state index in [1.165, 1.54) is 0 Å². The van der Waals surface area contributed by atoms with Crippen LogP contribution < -0.4 is 5.32 Å². The lowest BCUT2D eigenvalue weighted by Gasteiger charge is -2.22. The molecule has 118 valence electrons. The summed E-state index contributed by atoms with van der Waals surface area (Å²) in [7, 11) is 0. The van der Waals surface area contributed by atoms with Gasteiger partial charge in [-0.15, -0.1) is 0 Å². The quantitative estimate of drug-likeness (QED) is 0.268. The normalized spacial score (nSPS) is 19.3. The van der Waals surface area contributed by atoms with E-state index in [0.29, 0.717) is 12.8 Å². The summed E-state index contributed by atoms with van der Waals surface area (Å²) in [5, 5.41) is 10.6. The molecule has 1 rings (SSSR count). The molecule has 0 aromatic rings. The third-order valence-electron chi connectivity index (χ3n) is 2.78. The summed E-state index contributed by atoms with van der Waals surface area (Å²) in [6.07, 6.45) is 1.97. The maximum Gasteiger partial charge on any atom is 0.405 e. The Morgan fingerprint density at radius 3 is 2.90 bits per heavy atom. The second kappa shape index (κ2) is 10.0. The van der Waals surface area contributed by atoms with Crippen molar-refractivity contribution in [1.29, 1.82) is 0 Å². The molecule has 2 unspecified atom stereocenters. The molecule has 1 heterocycles. The molecule has 0 spiro atoms. The number of Topliss-reactive ketones (excluding diaryl/α,β-unsaturated/α-hetero) is 1. The van der Waals surface area contributed by atoms with Crippen molar-refractivity contribution >= 4 is 18.1 Å². The minimum absolute atomic E-state index is 0.175. The fourth-order valence-electron chi connectivity index (χ4n) is 1.77. The molecule has 0 radical (unpaired) electrons. The van der Waals surface area contributed by atoms with Crippen LogP contribution in [0.4, 0.5) is 4.79 Å². The first-order valence-electron chi connectivity index (χ1n) is 6.65. The van der Waals surface area contributed by atoms with E-state index in [-0.39, 0.29) is 26.1 Å². The number of amides is 1. The summed E-state index contributed by atoms with van der Waals surface area (Å²) in [4.78, 5) is 24.5. The smallest absolute Gasteiger partial charge is 0.405 e. The summed E-state index contributed by atoms with van der Waals surface area (Å²) in [6.45, 7) is 0.991. The van der Waals surface area contributed by atoms with Gasteiger partial charge in [0, 0.05) is 6.61 Å². The molecule has 0 saturated carbocycles. The van der Waals surface area contributed by atoms with Crippen molar-refractivity contribution in [3.63, 3.8) is 0 Å². The molecule has 2 atom stereocenters. The predicted octanol–water partition coefficient (Wildman–Crippen LogP) is 0.0521. The van der Waals surface area contributed by atoms with Gasteiger partial charge in [-0.05, 0) is 19.3 Å². The highest BCUT2D eigenvalue weighted by molar-refractivity contribution is 6.28. The fourth-order valence-corrected chi connectivity index (χ4v) is 1.77. The van der Waals surface area contributed by atoms with E-state index < -0.39 is 17.9 Å². The van der Waals surface area contributed by atoms with Gasteiger partial charge >= 0.3 is 12.3 Å². The molecule has 2 N–H and O–H groups in total. The van der Waals surface area contributed by atoms with E-state index in [0.717, 1.165) is 19.3 Å². The standard InChI is InChI=1S/C12H19N3O6/c13-14-7-10(16)9(15-12(17)18)8-19-5-6-21-11-3-1-2-4-20-11/h7,9,11,15H,1-6,8H2,(H,17,18). The predicted molar refractivity (Wildman–Crippen MR) is 70.0 cm³/mol. The van der Waals surface area contributed by atoms with Crippen molar-refractivity contribution in [1.82, 2.24) is 5.32 Å². The molecule has 0 aromatic heterocycles. The van der Waals surface area contributed by atoms with Gasteiger partial charge in [0.1, 0.15) is 6.04 Å². The molecule has 0 bridgehead atoms. The monoisotopic (exact) mass is 301 g/mol. The first-order valence-corrected chi connectivity index (χ1v) is 6.65. The molecule has 1 saturated heterocycles. The lowest BCUT2D eigenvalue weighted by molar-refractivity contribution is -0.169. The summed E-state index contributed by atoms with van der Waals surface area (Å²) in [5.41, 5.74) is 8.27. The molecule has 9 heteroatoms. The summed E-state index contributed by atoms with van der Waals surface area (Å²) >= 11 is 0. The van der Waals surface area contributed by atoms with Crippen LogP contribution >= 0.6 is 0 Å². The number of hydrogen-bond donors (Lipinski definition) is 2. The molecule has 1 aliphatic heterocycles. The van der Waals surface area contributed by atoms with E-state index in [2.05, 4.69) is 4.79 Å². The van der Waals surface area contributed by atoms with Crippen LogP contribution in [-0.2, 0) is 19.0 Å². The minimum Gasteiger partial charge on any atom is -0.465 e. The molecule has 21 heavy (non-hydrogen) atoms. The van der Waals surface area contributed by atoms with Crippen molar-refractivity contribution in [2.75, 3.05) is 26.4 Å². The van der Waals surface area contributed by atoms with Crippen LogP contribution in [0.2, 0.25) is 0 Å². The topological polar surface area (TPSA) is 130 Å². The van der Waals surface area contributed by atoms with Crippen LogP contribution in [0.3, 0.4) is 0 Å². The zero-order valence-corrected chi connectivity index (χ0v) is 11.6. The third kappa shape index (κ3) is 7.52. The lowest BCUT2D eigenvalue weighted by Crippen LogP contribution is -2.44. The van der Waals surface area contributed by atoms with Gasteiger partial charge in [0.05, 0.1) is 19.8 Å². The van der Waals surface area contributed by atoms with E-state index in [1.807, 2.05) is 5.32 Å². The number of carbonyl (C=O) groups excluding carboxylic acids is 1. The molecule has 9 nitrogen and oxygen atoms in total. The molecule has 1 aliphatic rings. The molecule has 1 fully saturated rings. The van der Waals surface area contributed by atoms with E-state index >= 15 is 0 Å². The summed E-state index contributed by atoms with van der Waals surface area (Å²) in [5.74, 6) is -0.698. The number of rotatable bonds is 9. The Balaban J connectivity index is 2.21. The van der Waals surface area contributed by atoms with E-state index in [4.69, 9.17) is 24.8 Å². The first kappa shape index (κ1) is 17.3. The Labute approximate surface area is 121 Å². The number of nitrogens with one attached hydrogen (secondary N) is 1. The fraction of sp³-hybridized carbons (Fsp3) is 0.750. The van der Waals surface area contributed by atoms with Crippen molar-refractivity contribution < 1.29 is 33.7 Å². The van der Waals surface area contributed by atoms with Gasteiger partial charge in [-0.2, -0.15) is 4.79 Å². The van der Waals surface area contributed by atoms with Gasteiger partial charge in [-0.3, -0.25) is 4.79 Å². The Bertz CT molecular complexity index is 390. The van der Waals surface area contributed by atoms with Crippen LogP contribution in [0.15, 0.2) is 0 Å². The van der Waals surface area contributed by atoms with Gasteiger partial charge in [0.25, 0.3) is 5.78 Å². The largest absolute Gasteiger partial charge is 0.465 e. The Morgan fingerprint density at radius 1 is 1.48 bits per heavy atom. The number of ether oxygens (including phenoxy) is 3. The highest BCUT2D eigenvalue weighted by Crippen LogP contribution is 2.13. The molecular weight excluding hydrogens is 282 g/mol. The molecule has 1 amide bonds. The Hall–Kier alpha value is -1.80. The number of carbonyl (C=O) groups is 2. The Morgan fingerprint density at radius 2 is 2.29 bits per heavy atom. The zero-order valence-electron chi connectivity index (χ0n) is 11.6. The second-order valence-electron chi connectivity index (χ2n) is 4.39. The SMILES string of the molecule is [N-]=[N+]=CC(=O)C(COCCOC1CCCCO1)NC(=O)O. The highest BCUT2D eigenvalue weighted by atomic mass is 16.7. The second-order valence-corrected chi connectivity index (χ2v) is 4.39.